The minimum absolute atomic E-state index is 0.178. The van der Waals surface area contributed by atoms with Crippen LogP contribution in [-0.4, -0.2) is 25.1 Å². The van der Waals surface area contributed by atoms with Gasteiger partial charge in [-0.3, -0.25) is 4.99 Å². The summed E-state index contributed by atoms with van der Waals surface area (Å²) < 4.78 is 13.1. The molecule has 1 aliphatic rings. The Morgan fingerprint density at radius 2 is 2.15 bits per heavy atom. The third-order valence-electron chi connectivity index (χ3n) is 3.60. The molecular weight excluding hydrogens is 253 g/mol. The van der Waals surface area contributed by atoms with E-state index in [1.165, 1.54) is 31.7 Å². The molecule has 0 unspecified atom stereocenters. The molecule has 1 fully saturated rings. The van der Waals surface area contributed by atoms with Gasteiger partial charge in [0, 0.05) is 19.1 Å². The molecule has 0 heterocycles. The zero-order chi connectivity index (χ0) is 14.2. The van der Waals surface area contributed by atoms with Crippen LogP contribution in [0.1, 0.15) is 38.2 Å². The Bertz CT molecular complexity index is 439. The highest BCUT2D eigenvalue weighted by atomic mass is 19.1. The molecule has 0 spiro atoms. The summed E-state index contributed by atoms with van der Waals surface area (Å²) in [5.41, 5.74) is 0.991. The highest BCUT2D eigenvalue weighted by Crippen LogP contribution is 2.17. The summed E-state index contributed by atoms with van der Waals surface area (Å²) in [5.74, 6) is 0.707. The molecule has 0 bridgehead atoms. The van der Waals surface area contributed by atoms with Crippen molar-refractivity contribution in [3.8, 4) is 0 Å². The lowest BCUT2D eigenvalue weighted by molar-refractivity contribution is 0.613. The fraction of sp³-hybridized carbons (Fsp3) is 0.562. The van der Waals surface area contributed by atoms with Crippen LogP contribution in [0.15, 0.2) is 29.3 Å². The van der Waals surface area contributed by atoms with Gasteiger partial charge in [0.05, 0.1) is 0 Å². The number of rotatable bonds is 5. The monoisotopic (exact) mass is 277 g/mol. The fourth-order valence-corrected chi connectivity index (χ4v) is 2.57. The van der Waals surface area contributed by atoms with Gasteiger partial charge in [-0.2, -0.15) is 0 Å². The van der Waals surface area contributed by atoms with Crippen LogP contribution in [0.25, 0.3) is 0 Å². The van der Waals surface area contributed by atoms with E-state index in [1.54, 1.807) is 12.1 Å². The number of hydrogen-bond acceptors (Lipinski definition) is 1. The first-order valence-corrected chi connectivity index (χ1v) is 7.57. The minimum atomic E-state index is -0.178. The van der Waals surface area contributed by atoms with E-state index in [0.29, 0.717) is 12.6 Å². The maximum atomic E-state index is 13.1. The smallest absolute Gasteiger partial charge is 0.191 e. The third kappa shape index (κ3) is 4.83. The van der Waals surface area contributed by atoms with E-state index in [1.807, 2.05) is 6.07 Å². The second kappa shape index (κ2) is 7.88. The molecule has 110 valence electrons. The van der Waals surface area contributed by atoms with Crippen molar-refractivity contribution in [3.63, 3.8) is 0 Å². The van der Waals surface area contributed by atoms with E-state index in [9.17, 15) is 4.39 Å². The summed E-state index contributed by atoms with van der Waals surface area (Å²) in [4.78, 5) is 4.57. The molecule has 0 atom stereocenters. The van der Waals surface area contributed by atoms with Gasteiger partial charge in [0.15, 0.2) is 5.96 Å². The normalized spacial score (nSPS) is 16.4. The van der Waals surface area contributed by atoms with Crippen molar-refractivity contribution < 1.29 is 4.39 Å². The van der Waals surface area contributed by atoms with E-state index in [2.05, 4.69) is 22.5 Å². The highest BCUT2D eigenvalue weighted by molar-refractivity contribution is 5.80. The van der Waals surface area contributed by atoms with Crippen molar-refractivity contribution in [1.29, 1.82) is 0 Å². The molecule has 2 rings (SSSR count). The van der Waals surface area contributed by atoms with Crippen LogP contribution in [0.5, 0.6) is 0 Å². The summed E-state index contributed by atoms with van der Waals surface area (Å²) >= 11 is 0. The summed E-state index contributed by atoms with van der Waals surface area (Å²) in [6.45, 7) is 3.60. The highest BCUT2D eigenvalue weighted by Gasteiger charge is 2.15. The Labute approximate surface area is 120 Å². The first-order valence-electron chi connectivity index (χ1n) is 7.57. The molecule has 1 aromatic carbocycles. The molecule has 2 N–H and O–H groups in total. The maximum absolute atomic E-state index is 13.1. The number of hydrogen-bond donors (Lipinski definition) is 2. The SMILES string of the molecule is CCNC(=NCCc1cccc(F)c1)NC1CCCC1. The van der Waals surface area contributed by atoms with Crippen molar-refractivity contribution in [2.45, 2.75) is 45.1 Å². The van der Waals surface area contributed by atoms with Crippen LogP contribution in [0.2, 0.25) is 0 Å². The second-order valence-electron chi connectivity index (χ2n) is 5.27. The van der Waals surface area contributed by atoms with Gasteiger partial charge in [0.25, 0.3) is 0 Å². The number of nitrogens with zero attached hydrogens (tertiary/aromatic N) is 1. The van der Waals surface area contributed by atoms with Gasteiger partial charge in [-0.1, -0.05) is 25.0 Å². The maximum Gasteiger partial charge on any atom is 0.191 e. The van der Waals surface area contributed by atoms with Crippen molar-refractivity contribution in [3.05, 3.63) is 35.6 Å². The van der Waals surface area contributed by atoms with Crippen molar-refractivity contribution in [2.75, 3.05) is 13.1 Å². The van der Waals surface area contributed by atoms with E-state index in [0.717, 1.165) is 24.5 Å². The molecule has 1 saturated carbocycles. The Kier molecular flexibility index (Phi) is 5.84. The number of halogens is 1. The topological polar surface area (TPSA) is 36.4 Å². The Morgan fingerprint density at radius 1 is 1.35 bits per heavy atom. The molecular formula is C16H24FN3. The summed E-state index contributed by atoms with van der Waals surface area (Å²) in [7, 11) is 0. The van der Waals surface area contributed by atoms with E-state index < -0.39 is 0 Å². The van der Waals surface area contributed by atoms with Crippen LogP contribution < -0.4 is 10.6 Å². The van der Waals surface area contributed by atoms with Gasteiger partial charge < -0.3 is 10.6 Å². The number of nitrogens with one attached hydrogen (secondary N) is 2. The van der Waals surface area contributed by atoms with Gasteiger partial charge >= 0.3 is 0 Å². The molecule has 20 heavy (non-hydrogen) atoms. The third-order valence-corrected chi connectivity index (χ3v) is 3.60. The Hall–Kier alpha value is -1.58. The first-order chi connectivity index (χ1) is 9.78. The molecule has 1 aliphatic carbocycles. The lowest BCUT2D eigenvalue weighted by atomic mass is 10.1. The van der Waals surface area contributed by atoms with Crippen LogP contribution in [0, 0.1) is 5.82 Å². The molecule has 0 aliphatic heterocycles. The summed E-state index contributed by atoms with van der Waals surface area (Å²) in [5, 5.41) is 6.75. The number of guanidine groups is 1. The average molecular weight is 277 g/mol. The lowest BCUT2D eigenvalue weighted by Gasteiger charge is -2.16. The van der Waals surface area contributed by atoms with Crippen LogP contribution >= 0.6 is 0 Å². The standard InChI is InChI=1S/C16H24FN3/c1-2-18-16(20-15-8-3-4-9-15)19-11-10-13-6-5-7-14(17)12-13/h5-7,12,15H,2-4,8-11H2,1H3,(H2,18,19,20). The predicted molar refractivity (Wildman–Crippen MR) is 81.5 cm³/mol. The number of aliphatic imine (C=N–C) groups is 1. The van der Waals surface area contributed by atoms with E-state index >= 15 is 0 Å². The zero-order valence-electron chi connectivity index (χ0n) is 12.2. The van der Waals surface area contributed by atoms with Gasteiger partial charge in [-0.25, -0.2) is 4.39 Å². The second-order valence-corrected chi connectivity index (χ2v) is 5.27. The van der Waals surface area contributed by atoms with E-state index in [4.69, 9.17) is 0 Å². The lowest BCUT2D eigenvalue weighted by Crippen LogP contribution is -2.42. The molecule has 4 heteroatoms. The van der Waals surface area contributed by atoms with E-state index in [-0.39, 0.29) is 5.82 Å². The number of benzene rings is 1. The van der Waals surface area contributed by atoms with Gasteiger partial charge in [0.1, 0.15) is 5.82 Å². The van der Waals surface area contributed by atoms with Crippen molar-refractivity contribution in [1.82, 2.24) is 10.6 Å². The van der Waals surface area contributed by atoms with Crippen LogP contribution in [0.4, 0.5) is 4.39 Å². The molecule has 3 nitrogen and oxygen atoms in total. The van der Waals surface area contributed by atoms with Crippen molar-refractivity contribution in [2.24, 2.45) is 4.99 Å². The minimum Gasteiger partial charge on any atom is -0.357 e. The molecule has 0 aromatic heterocycles. The predicted octanol–water partition coefficient (Wildman–Crippen LogP) is 2.87. The first kappa shape index (κ1) is 14.8. The van der Waals surface area contributed by atoms with Crippen molar-refractivity contribution >= 4 is 5.96 Å². The molecule has 1 aromatic rings. The fourth-order valence-electron chi connectivity index (χ4n) is 2.57. The van der Waals surface area contributed by atoms with Gasteiger partial charge in [0.2, 0.25) is 0 Å². The largest absolute Gasteiger partial charge is 0.357 e. The quantitative estimate of drug-likeness (QED) is 0.641. The molecule has 0 radical (unpaired) electrons. The summed E-state index contributed by atoms with van der Waals surface area (Å²) in [6, 6.07) is 7.29. The Morgan fingerprint density at radius 3 is 2.85 bits per heavy atom. The average Bonchev–Trinajstić information content (AvgIpc) is 2.92. The zero-order valence-corrected chi connectivity index (χ0v) is 12.2. The molecule has 0 saturated heterocycles. The molecule has 0 amide bonds. The van der Waals surface area contributed by atoms with Crippen LogP contribution in [0.3, 0.4) is 0 Å². The van der Waals surface area contributed by atoms with Crippen LogP contribution in [-0.2, 0) is 6.42 Å². The van der Waals surface area contributed by atoms with Gasteiger partial charge in [-0.15, -0.1) is 0 Å². The summed E-state index contributed by atoms with van der Waals surface area (Å²) in [6.07, 6.45) is 5.84. The van der Waals surface area contributed by atoms with Gasteiger partial charge in [-0.05, 0) is 43.9 Å². The Balaban J connectivity index is 1.84.